The lowest BCUT2D eigenvalue weighted by molar-refractivity contribution is -0.121. The minimum absolute atomic E-state index is 0.0814. The zero-order chi connectivity index (χ0) is 19.3. The summed E-state index contributed by atoms with van der Waals surface area (Å²) in [4.78, 5) is 24.5. The van der Waals surface area contributed by atoms with Crippen LogP contribution in [0, 0.1) is 5.92 Å². The van der Waals surface area contributed by atoms with Crippen LogP contribution in [0.25, 0.3) is 0 Å². The fourth-order valence-corrected chi connectivity index (χ4v) is 3.46. The molecule has 2 aliphatic rings. The third-order valence-electron chi connectivity index (χ3n) is 4.99. The highest BCUT2D eigenvalue weighted by Crippen LogP contribution is 2.31. The lowest BCUT2D eigenvalue weighted by atomic mass is 9.96. The van der Waals surface area contributed by atoms with Crippen molar-refractivity contribution < 1.29 is 23.8 Å². The van der Waals surface area contributed by atoms with E-state index in [0.29, 0.717) is 43.4 Å². The summed E-state index contributed by atoms with van der Waals surface area (Å²) in [5.41, 5.74) is 1.70. The molecule has 2 aromatic rings. The first-order chi connectivity index (χ1) is 13.7. The number of hydrogen-bond donors (Lipinski definition) is 1. The van der Waals surface area contributed by atoms with Crippen LogP contribution in [0.3, 0.4) is 0 Å². The number of rotatable bonds is 6. The summed E-state index contributed by atoms with van der Waals surface area (Å²) in [5.74, 6) is 2.20. The fraction of sp³-hybridized carbons (Fsp3) is 0.364. The van der Waals surface area contributed by atoms with E-state index in [1.54, 1.807) is 18.2 Å². The molecule has 2 aliphatic heterocycles. The number of para-hydroxylation sites is 1. The van der Waals surface area contributed by atoms with Gasteiger partial charge in [0, 0.05) is 30.9 Å². The van der Waals surface area contributed by atoms with Crippen LogP contribution >= 0.6 is 0 Å². The van der Waals surface area contributed by atoms with Gasteiger partial charge in [-0.1, -0.05) is 18.2 Å². The topological polar surface area (TPSA) is 73.9 Å². The van der Waals surface area contributed by atoms with E-state index in [1.165, 1.54) is 5.56 Å². The maximum Gasteiger partial charge on any atom is 0.220 e. The predicted octanol–water partition coefficient (Wildman–Crippen LogP) is 2.79. The Hall–Kier alpha value is -3.02. The van der Waals surface area contributed by atoms with Gasteiger partial charge in [-0.3, -0.25) is 9.59 Å². The molecule has 6 nitrogen and oxygen atoms in total. The van der Waals surface area contributed by atoms with Gasteiger partial charge in [0.2, 0.25) is 5.91 Å². The molecule has 0 fully saturated rings. The number of carbonyl (C=O) groups is 2. The van der Waals surface area contributed by atoms with E-state index in [0.717, 1.165) is 12.2 Å². The number of benzene rings is 2. The standard InChI is InChI=1S/C22H23NO5/c24-18(16-5-7-20-21(12-16)27-10-9-26-20)6-8-22(25)23-13-15-11-17-3-1-2-4-19(17)28-14-15/h1-5,7,12,15H,6,8-11,13-14H2,(H,23,25). The van der Waals surface area contributed by atoms with Crippen LogP contribution in [0.1, 0.15) is 28.8 Å². The second kappa shape index (κ2) is 8.33. The Labute approximate surface area is 163 Å². The van der Waals surface area contributed by atoms with Crippen LogP contribution in [0.5, 0.6) is 17.2 Å². The Morgan fingerprint density at radius 3 is 2.64 bits per heavy atom. The average Bonchev–Trinajstić information content (AvgIpc) is 2.75. The molecule has 6 heteroatoms. The van der Waals surface area contributed by atoms with Gasteiger partial charge in [-0.15, -0.1) is 0 Å². The summed E-state index contributed by atoms with van der Waals surface area (Å²) in [7, 11) is 0. The van der Waals surface area contributed by atoms with Gasteiger partial charge in [-0.2, -0.15) is 0 Å². The number of fused-ring (bicyclic) bond motifs is 2. The Bertz CT molecular complexity index is 879. The minimum atomic E-state index is -0.121. The quantitative estimate of drug-likeness (QED) is 0.779. The number of nitrogens with one attached hydrogen (secondary N) is 1. The molecule has 0 spiro atoms. The van der Waals surface area contributed by atoms with Crippen LogP contribution < -0.4 is 19.5 Å². The largest absolute Gasteiger partial charge is 0.493 e. The third kappa shape index (κ3) is 4.27. The monoisotopic (exact) mass is 381 g/mol. The van der Waals surface area contributed by atoms with Gasteiger partial charge in [0.05, 0.1) is 6.61 Å². The van der Waals surface area contributed by atoms with Gasteiger partial charge in [0.15, 0.2) is 17.3 Å². The van der Waals surface area contributed by atoms with Gasteiger partial charge in [-0.05, 0) is 36.2 Å². The summed E-state index contributed by atoms with van der Waals surface area (Å²) < 4.78 is 16.7. The lowest BCUT2D eigenvalue weighted by Gasteiger charge is -2.25. The normalized spacial score (nSPS) is 17.2. The van der Waals surface area contributed by atoms with Crippen molar-refractivity contribution in [2.75, 3.05) is 26.4 Å². The number of carbonyl (C=O) groups excluding carboxylic acids is 2. The van der Waals surface area contributed by atoms with Crippen molar-refractivity contribution in [2.45, 2.75) is 19.3 Å². The third-order valence-corrected chi connectivity index (χ3v) is 4.99. The molecule has 2 aromatic carbocycles. The summed E-state index contributed by atoms with van der Waals surface area (Å²) in [6, 6.07) is 13.1. The molecule has 0 aliphatic carbocycles. The van der Waals surface area contributed by atoms with Gasteiger partial charge < -0.3 is 19.5 Å². The molecule has 1 N–H and O–H groups in total. The zero-order valence-electron chi connectivity index (χ0n) is 15.6. The molecular formula is C22H23NO5. The van der Waals surface area contributed by atoms with Crippen molar-refractivity contribution in [3.8, 4) is 17.2 Å². The number of ketones is 1. The fourth-order valence-electron chi connectivity index (χ4n) is 3.46. The SMILES string of the molecule is O=C(CCC(=O)c1ccc2c(c1)OCCO2)NCC1COc2ccccc2C1. The summed E-state index contributed by atoms with van der Waals surface area (Å²) in [6.07, 6.45) is 1.21. The second-order valence-electron chi connectivity index (χ2n) is 7.07. The van der Waals surface area contributed by atoms with Crippen LogP contribution in [0.15, 0.2) is 42.5 Å². The molecule has 2 heterocycles. The zero-order valence-corrected chi connectivity index (χ0v) is 15.6. The highest BCUT2D eigenvalue weighted by molar-refractivity contribution is 5.98. The van der Waals surface area contributed by atoms with Crippen molar-refractivity contribution in [1.82, 2.24) is 5.32 Å². The molecule has 0 aromatic heterocycles. The number of hydrogen-bond acceptors (Lipinski definition) is 5. The van der Waals surface area contributed by atoms with Gasteiger partial charge >= 0.3 is 0 Å². The van der Waals surface area contributed by atoms with Gasteiger partial charge in [0.1, 0.15) is 19.0 Å². The molecule has 0 saturated carbocycles. The van der Waals surface area contributed by atoms with E-state index in [-0.39, 0.29) is 30.4 Å². The van der Waals surface area contributed by atoms with Crippen molar-refractivity contribution >= 4 is 11.7 Å². The maximum atomic E-state index is 12.4. The highest BCUT2D eigenvalue weighted by Gasteiger charge is 2.20. The predicted molar refractivity (Wildman–Crippen MR) is 103 cm³/mol. The first kappa shape index (κ1) is 18.3. The first-order valence-electron chi connectivity index (χ1n) is 9.59. The van der Waals surface area contributed by atoms with Crippen molar-refractivity contribution in [2.24, 2.45) is 5.92 Å². The Kier molecular flexibility index (Phi) is 5.46. The van der Waals surface area contributed by atoms with E-state index >= 15 is 0 Å². The highest BCUT2D eigenvalue weighted by atomic mass is 16.6. The summed E-state index contributed by atoms with van der Waals surface area (Å²) in [6.45, 7) is 2.12. The average molecular weight is 381 g/mol. The molecular weight excluding hydrogens is 358 g/mol. The number of Topliss-reactive ketones (excluding diaryl/α,β-unsaturated/α-hetero) is 1. The van der Waals surface area contributed by atoms with E-state index in [1.807, 2.05) is 18.2 Å². The van der Waals surface area contributed by atoms with Crippen LogP contribution in [0.2, 0.25) is 0 Å². The molecule has 0 radical (unpaired) electrons. The molecule has 1 atom stereocenters. The van der Waals surface area contributed by atoms with Crippen LogP contribution in [-0.2, 0) is 11.2 Å². The lowest BCUT2D eigenvalue weighted by Crippen LogP contribution is -2.34. The van der Waals surface area contributed by atoms with Crippen molar-refractivity contribution in [3.05, 3.63) is 53.6 Å². The summed E-state index contributed by atoms with van der Waals surface area (Å²) in [5, 5.41) is 2.92. The van der Waals surface area contributed by atoms with Crippen LogP contribution in [-0.4, -0.2) is 38.1 Å². The molecule has 4 rings (SSSR count). The summed E-state index contributed by atoms with van der Waals surface area (Å²) >= 11 is 0. The van der Waals surface area contributed by atoms with Crippen LogP contribution in [0.4, 0.5) is 0 Å². The maximum absolute atomic E-state index is 12.4. The smallest absolute Gasteiger partial charge is 0.220 e. The Morgan fingerprint density at radius 2 is 1.75 bits per heavy atom. The van der Waals surface area contributed by atoms with Crippen molar-refractivity contribution in [1.29, 1.82) is 0 Å². The van der Waals surface area contributed by atoms with E-state index in [2.05, 4.69) is 11.4 Å². The molecule has 146 valence electrons. The van der Waals surface area contributed by atoms with Gasteiger partial charge in [-0.25, -0.2) is 0 Å². The first-order valence-corrected chi connectivity index (χ1v) is 9.59. The minimum Gasteiger partial charge on any atom is -0.493 e. The van der Waals surface area contributed by atoms with E-state index in [4.69, 9.17) is 14.2 Å². The molecule has 1 unspecified atom stereocenters. The Balaban J connectivity index is 1.23. The number of amides is 1. The van der Waals surface area contributed by atoms with E-state index < -0.39 is 0 Å². The molecule has 0 saturated heterocycles. The molecule has 0 bridgehead atoms. The number of ether oxygens (including phenoxy) is 3. The van der Waals surface area contributed by atoms with Gasteiger partial charge in [0.25, 0.3) is 0 Å². The van der Waals surface area contributed by atoms with E-state index in [9.17, 15) is 9.59 Å². The second-order valence-corrected chi connectivity index (χ2v) is 7.07. The molecule has 1 amide bonds. The Morgan fingerprint density at radius 1 is 0.929 bits per heavy atom. The van der Waals surface area contributed by atoms with Crippen molar-refractivity contribution in [3.63, 3.8) is 0 Å². The molecule has 28 heavy (non-hydrogen) atoms.